The molecule has 3 nitrogen and oxygen atoms in total. The van der Waals surface area contributed by atoms with E-state index in [-0.39, 0.29) is 0 Å². The zero-order chi connectivity index (χ0) is 31.8. The molecule has 0 aliphatic heterocycles. The van der Waals surface area contributed by atoms with Crippen LogP contribution in [0.1, 0.15) is 0 Å². The third kappa shape index (κ3) is 3.22. The SMILES string of the molecule is c1ccc(-n2c3cc4oc5ccccc5c4cc3c3ccc4c5ccccc5n(-c5ccc6c(c5)-c5cccc7cccc-6c57)c4c32)cc1. The summed E-state index contributed by atoms with van der Waals surface area (Å²) < 4.78 is 11.4. The summed E-state index contributed by atoms with van der Waals surface area (Å²) in [6, 6.07) is 57.6. The Labute approximate surface area is 280 Å². The molecule has 3 aromatic heterocycles. The Morgan fingerprint density at radius 1 is 0.347 bits per heavy atom. The Kier molecular flexibility index (Phi) is 4.72. The number of nitrogens with zero attached hydrogens (tertiary/aromatic N) is 2. The zero-order valence-corrected chi connectivity index (χ0v) is 26.3. The lowest BCUT2D eigenvalue weighted by atomic mass is 10.0. The van der Waals surface area contributed by atoms with Gasteiger partial charge in [-0.15, -0.1) is 0 Å². The molecule has 0 amide bonds. The zero-order valence-electron chi connectivity index (χ0n) is 26.3. The van der Waals surface area contributed by atoms with Crippen LogP contribution in [0.15, 0.2) is 162 Å². The number of para-hydroxylation sites is 3. The first-order valence-electron chi connectivity index (χ1n) is 16.9. The minimum absolute atomic E-state index is 0.901. The average Bonchev–Trinajstić information content (AvgIpc) is 3.88. The Morgan fingerprint density at radius 3 is 1.88 bits per heavy atom. The molecule has 0 unspecified atom stereocenters. The van der Waals surface area contributed by atoms with Crippen LogP contribution in [0.4, 0.5) is 0 Å². The minimum atomic E-state index is 0.901. The van der Waals surface area contributed by atoms with Gasteiger partial charge in [-0.05, 0) is 75.5 Å². The van der Waals surface area contributed by atoms with E-state index in [1.165, 1.54) is 71.1 Å². The molecular weight excluding hydrogens is 597 g/mol. The third-order valence-corrected chi connectivity index (χ3v) is 10.8. The third-order valence-electron chi connectivity index (χ3n) is 10.8. The van der Waals surface area contributed by atoms with Crippen LogP contribution >= 0.6 is 0 Å². The van der Waals surface area contributed by atoms with Gasteiger partial charge >= 0.3 is 0 Å². The standard InChI is InChI=1S/C46H26N2O/c1-2-12-28(13-3-1)47-41-26-43-39(32-15-5-7-19-42(32)49-43)25-38(41)36-23-22-35-31-14-4-6-18-40(31)48(45(35)46(36)47)29-20-21-30-33-16-8-10-27-11-9-17-34(44(27)33)37(30)24-29/h1-26H. The van der Waals surface area contributed by atoms with Crippen LogP contribution in [0.3, 0.4) is 0 Å². The van der Waals surface area contributed by atoms with Crippen LogP contribution in [0.25, 0.3) is 110 Å². The molecule has 12 rings (SSSR count). The molecule has 3 heteroatoms. The van der Waals surface area contributed by atoms with Gasteiger partial charge in [0.15, 0.2) is 0 Å². The normalized spacial score (nSPS) is 12.5. The maximum atomic E-state index is 6.45. The number of hydrogen-bond acceptors (Lipinski definition) is 1. The molecule has 1 aliphatic rings. The van der Waals surface area contributed by atoms with E-state index in [2.05, 4.69) is 161 Å². The number of benzene rings is 8. The first kappa shape index (κ1) is 25.5. The van der Waals surface area contributed by atoms with Gasteiger partial charge in [0.1, 0.15) is 11.2 Å². The first-order valence-corrected chi connectivity index (χ1v) is 16.9. The van der Waals surface area contributed by atoms with Crippen molar-refractivity contribution in [3.05, 3.63) is 158 Å². The van der Waals surface area contributed by atoms with Crippen molar-refractivity contribution in [2.75, 3.05) is 0 Å². The van der Waals surface area contributed by atoms with E-state index in [1.54, 1.807) is 0 Å². The second kappa shape index (κ2) is 9.06. The van der Waals surface area contributed by atoms with E-state index < -0.39 is 0 Å². The number of furan rings is 1. The Hall–Kier alpha value is -6.58. The second-order valence-corrected chi connectivity index (χ2v) is 13.3. The molecule has 8 aromatic carbocycles. The molecule has 0 fully saturated rings. The summed E-state index contributed by atoms with van der Waals surface area (Å²) in [4.78, 5) is 0. The highest BCUT2D eigenvalue weighted by atomic mass is 16.3. The summed E-state index contributed by atoms with van der Waals surface area (Å²) in [5, 5.41) is 9.85. The van der Waals surface area contributed by atoms with Crippen LogP contribution in [0.2, 0.25) is 0 Å². The van der Waals surface area contributed by atoms with E-state index in [4.69, 9.17) is 4.42 Å². The predicted molar refractivity (Wildman–Crippen MR) is 204 cm³/mol. The largest absolute Gasteiger partial charge is 0.456 e. The van der Waals surface area contributed by atoms with E-state index in [9.17, 15) is 0 Å². The maximum Gasteiger partial charge on any atom is 0.137 e. The first-order chi connectivity index (χ1) is 24.3. The molecule has 0 bridgehead atoms. The number of aromatic nitrogens is 2. The van der Waals surface area contributed by atoms with Gasteiger partial charge in [0.25, 0.3) is 0 Å². The summed E-state index contributed by atoms with van der Waals surface area (Å²) in [6.45, 7) is 0. The molecule has 0 atom stereocenters. The van der Waals surface area contributed by atoms with Gasteiger partial charge in [-0.1, -0.05) is 109 Å². The topological polar surface area (TPSA) is 23.0 Å². The minimum Gasteiger partial charge on any atom is -0.456 e. The fraction of sp³-hybridized carbons (Fsp3) is 0. The Morgan fingerprint density at radius 2 is 1.04 bits per heavy atom. The van der Waals surface area contributed by atoms with Crippen molar-refractivity contribution >= 4 is 76.3 Å². The Balaban J connectivity index is 1.26. The van der Waals surface area contributed by atoms with Crippen LogP contribution in [0.5, 0.6) is 0 Å². The molecule has 0 saturated heterocycles. The van der Waals surface area contributed by atoms with Crippen molar-refractivity contribution in [3.63, 3.8) is 0 Å². The number of hydrogen-bond donors (Lipinski definition) is 0. The smallest absolute Gasteiger partial charge is 0.137 e. The van der Waals surface area contributed by atoms with Crippen molar-refractivity contribution < 1.29 is 4.42 Å². The number of fused-ring (bicyclic) bond motifs is 13. The highest BCUT2D eigenvalue weighted by Gasteiger charge is 2.25. The molecule has 0 spiro atoms. The van der Waals surface area contributed by atoms with E-state index >= 15 is 0 Å². The van der Waals surface area contributed by atoms with Crippen LogP contribution in [0, 0.1) is 0 Å². The molecule has 0 N–H and O–H groups in total. The molecule has 0 radical (unpaired) electrons. The van der Waals surface area contributed by atoms with Crippen LogP contribution in [-0.4, -0.2) is 9.13 Å². The summed E-state index contributed by atoms with van der Waals surface area (Å²) >= 11 is 0. The lowest BCUT2D eigenvalue weighted by Gasteiger charge is -2.14. The molecule has 1 aliphatic carbocycles. The van der Waals surface area contributed by atoms with Gasteiger partial charge < -0.3 is 13.6 Å². The molecule has 11 aromatic rings. The molecule has 0 saturated carbocycles. The van der Waals surface area contributed by atoms with Gasteiger partial charge in [-0.2, -0.15) is 0 Å². The summed E-state index contributed by atoms with van der Waals surface area (Å²) in [6.07, 6.45) is 0. The highest BCUT2D eigenvalue weighted by molar-refractivity contribution is 6.26. The monoisotopic (exact) mass is 622 g/mol. The van der Waals surface area contributed by atoms with Gasteiger partial charge in [-0.25, -0.2) is 0 Å². The quantitative estimate of drug-likeness (QED) is 0.188. The molecule has 49 heavy (non-hydrogen) atoms. The van der Waals surface area contributed by atoms with Crippen molar-refractivity contribution in [2.24, 2.45) is 0 Å². The van der Waals surface area contributed by atoms with Gasteiger partial charge in [0.05, 0.1) is 22.1 Å². The lowest BCUT2D eigenvalue weighted by molar-refractivity contribution is 0.669. The fourth-order valence-corrected chi connectivity index (χ4v) is 8.80. The fourth-order valence-electron chi connectivity index (χ4n) is 8.80. The average molecular weight is 623 g/mol. The van der Waals surface area contributed by atoms with Crippen molar-refractivity contribution in [2.45, 2.75) is 0 Å². The van der Waals surface area contributed by atoms with E-state index in [0.29, 0.717) is 0 Å². The number of rotatable bonds is 2. The van der Waals surface area contributed by atoms with Crippen molar-refractivity contribution in [1.29, 1.82) is 0 Å². The van der Waals surface area contributed by atoms with Gasteiger partial charge in [0.2, 0.25) is 0 Å². The van der Waals surface area contributed by atoms with Crippen molar-refractivity contribution in [3.8, 4) is 33.6 Å². The predicted octanol–water partition coefficient (Wildman–Crippen LogP) is 12.6. The summed E-state index contributed by atoms with van der Waals surface area (Å²) in [7, 11) is 0. The molecular formula is C46H26N2O. The Bertz CT molecular complexity index is 3200. The second-order valence-electron chi connectivity index (χ2n) is 13.3. The van der Waals surface area contributed by atoms with Crippen LogP contribution in [-0.2, 0) is 0 Å². The van der Waals surface area contributed by atoms with Gasteiger partial charge in [-0.3, -0.25) is 0 Å². The molecule has 226 valence electrons. The van der Waals surface area contributed by atoms with E-state index in [1.807, 2.05) is 6.07 Å². The summed E-state index contributed by atoms with van der Waals surface area (Å²) in [5.41, 5.74) is 14.0. The van der Waals surface area contributed by atoms with Gasteiger partial charge in [0, 0.05) is 49.8 Å². The molecule has 3 heterocycles. The van der Waals surface area contributed by atoms with Crippen molar-refractivity contribution in [1.82, 2.24) is 9.13 Å². The van der Waals surface area contributed by atoms with E-state index in [0.717, 1.165) is 38.8 Å². The lowest BCUT2D eigenvalue weighted by Crippen LogP contribution is -1.99. The summed E-state index contributed by atoms with van der Waals surface area (Å²) in [5.74, 6) is 0. The highest BCUT2D eigenvalue weighted by Crippen LogP contribution is 2.49. The van der Waals surface area contributed by atoms with Crippen LogP contribution < -0.4 is 0 Å². The maximum absolute atomic E-state index is 6.45.